The van der Waals surface area contributed by atoms with Crippen LogP contribution in [0.3, 0.4) is 0 Å². The molecule has 5 rings (SSSR count). The second kappa shape index (κ2) is 11.5. The Morgan fingerprint density at radius 2 is 1.89 bits per heavy atom. The summed E-state index contributed by atoms with van der Waals surface area (Å²) in [6.07, 6.45) is 9.94. The summed E-state index contributed by atoms with van der Waals surface area (Å²) < 4.78 is 7.48. The number of hydrogen-bond acceptors (Lipinski definition) is 9. The molecule has 0 bridgehead atoms. The van der Waals surface area contributed by atoms with E-state index >= 15 is 0 Å². The Bertz CT molecular complexity index is 1230. The first kappa shape index (κ1) is 24.9. The first-order valence-corrected chi connectivity index (χ1v) is 13.0. The average molecular weight is 508 g/mol. The number of pyridine rings is 1. The van der Waals surface area contributed by atoms with Crippen LogP contribution in [0, 0.1) is 0 Å². The van der Waals surface area contributed by atoms with E-state index in [4.69, 9.17) is 15.5 Å². The maximum Gasteiger partial charge on any atom is 0.272 e. The number of aromatic nitrogens is 5. The van der Waals surface area contributed by atoms with Crippen LogP contribution < -0.4 is 16.4 Å². The number of carbonyl (C=O) groups excluding carboxylic acids is 2. The molecule has 1 saturated carbocycles. The number of imidazole rings is 1. The molecule has 3 aromatic rings. The van der Waals surface area contributed by atoms with Gasteiger partial charge in [0.15, 0.2) is 17.0 Å². The lowest BCUT2D eigenvalue weighted by Gasteiger charge is -2.26. The van der Waals surface area contributed by atoms with Crippen molar-refractivity contribution in [2.24, 2.45) is 5.73 Å². The van der Waals surface area contributed by atoms with E-state index in [0.717, 1.165) is 24.9 Å². The lowest BCUT2D eigenvalue weighted by molar-refractivity contribution is -0.118. The minimum Gasteiger partial charge on any atom is -0.378 e. The maximum absolute atomic E-state index is 12.7. The fourth-order valence-corrected chi connectivity index (χ4v) is 4.82. The highest BCUT2D eigenvalue weighted by Gasteiger charge is 2.23. The largest absolute Gasteiger partial charge is 0.378 e. The van der Waals surface area contributed by atoms with Crippen LogP contribution in [0.1, 0.15) is 61.5 Å². The number of nitrogens with zero attached hydrogens (tertiary/aromatic N) is 6. The van der Waals surface area contributed by atoms with Gasteiger partial charge in [0.2, 0.25) is 11.9 Å². The minimum atomic E-state index is -0.295. The predicted octanol–water partition coefficient (Wildman–Crippen LogP) is 2.62. The van der Waals surface area contributed by atoms with E-state index in [1.54, 1.807) is 17.2 Å². The Labute approximate surface area is 215 Å². The van der Waals surface area contributed by atoms with Gasteiger partial charge in [0.05, 0.1) is 31.4 Å². The Balaban J connectivity index is 1.35. The Morgan fingerprint density at radius 3 is 2.62 bits per heavy atom. The van der Waals surface area contributed by atoms with E-state index in [2.05, 4.69) is 30.2 Å². The van der Waals surface area contributed by atoms with Crippen LogP contribution >= 0.6 is 0 Å². The fraction of sp³-hybridized carbons (Fsp3) is 0.520. The van der Waals surface area contributed by atoms with Crippen molar-refractivity contribution >= 4 is 40.4 Å². The molecule has 0 aromatic carbocycles. The molecule has 37 heavy (non-hydrogen) atoms. The summed E-state index contributed by atoms with van der Waals surface area (Å²) in [5.74, 6) is 0.657. The van der Waals surface area contributed by atoms with E-state index in [9.17, 15) is 9.59 Å². The molecule has 0 atom stereocenters. The second-order valence-corrected chi connectivity index (χ2v) is 9.47. The summed E-state index contributed by atoms with van der Waals surface area (Å²) in [6.45, 7) is 2.85. The van der Waals surface area contributed by atoms with E-state index in [1.807, 2.05) is 12.4 Å². The smallest absolute Gasteiger partial charge is 0.272 e. The van der Waals surface area contributed by atoms with Gasteiger partial charge in [-0.3, -0.25) is 9.59 Å². The Kier molecular flexibility index (Phi) is 7.73. The number of amides is 2. The molecule has 0 spiro atoms. The van der Waals surface area contributed by atoms with E-state index in [1.165, 1.54) is 12.8 Å². The number of nitrogens with one attached hydrogen (secondary N) is 2. The van der Waals surface area contributed by atoms with Crippen molar-refractivity contribution in [1.29, 1.82) is 0 Å². The van der Waals surface area contributed by atoms with Crippen LogP contribution in [0.2, 0.25) is 0 Å². The van der Waals surface area contributed by atoms with Gasteiger partial charge in [0.1, 0.15) is 5.69 Å². The zero-order valence-corrected chi connectivity index (χ0v) is 20.9. The molecule has 196 valence electrons. The molecule has 0 radical (unpaired) electrons. The van der Waals surface area contributed by atoms with Crippen molar-refractivity contribution < 1.29 is 14.3 Å². The van der Waals surface area contributed by atoms with Gasteiger partial charge in [-0.1, -0.05) is 12.8 Å². The monoisotopic (exact) mass is 507 g/mol. The third-order valence-electron chi connectivity index (χ3n) is 6.82. The number of ether oxygens (including phenoxy) is 1. The summed E-state index contributed by atoms with van der Waals surface area (Å²) in [5.41, 5.74) is 7.78. The van der Waals surface area contributed by atoms with Crippen LogP contribution in [0.25, 0.3) is 11.2 Å². The molecule has 4 heterocycles. The average Bonchev–Trinajstić information content (AvgIpc) is 3.59. The first-order valence-electron chi connectivity index (χ1n) is 13.0. The van der Waals surface area contributed by atoms with Crippen molar-refractivity contribution in [3.8, 4) is 0 Å². The van der Waals surface area contributed by atoms with Gasteiger partial charge in [0.25, 0.3) is 5.91 Å². The number of fused-ring (bicyclic) bond motifs is 1. The molecular formula is C25H33N9O3. The molecule has 2 aliphatic rings. The zero-order chi connectivity index (χ0) is 25.6. The molecule has 2 amide bonds. The van der Waals surface area contributed by atoms with Crippen LogP contribution in [0.5, 0.6) is 0 Å². The van der Waals surface area contributed by atoms with Crippen molar-refractivity contribution in [1.82, 2.24) is 29.4 Å². The molecule has 0 unspecified atom stereocenters. The number of morpholine rings is 1. The van der Waals surface area contributed by atoms with E-state index < -0.39 is 0 Å². The quantitative estimate of drug-likeness (QED) is 0.351. The van der Waals surface area contributed by atoms with Gasteiger partial charge in [0, 0.05) is 32.1 Å². The van der Waals surface area contributed by atoms with Gasteiger partial charge in [-0.05, 0) is 37.8 Å². The van der Waals surface area contributed by atoms with Crippen LogP contribution in [0.15, 0.2) is 24.7 Å². The molecular weight excluding hydrogens is 474 g/mol. The summed E-state index contributed by atoms with van der Waals surface area (Å²) >= 11 is 0. The van der Waals surface area contributed by atoms with Crippen LogP contribution in [0.4, 0.5) is 17.5 Å². The predicted molar refractivity (Wildman–Crippen MR) is 139 cm³/mol. The summed E-state index contributed by atoms with van der Waals surface area (Å²) in [6, 6.07) is 3.91. The molecule has 1 saturated heterocycles. The van der Waals surface area contributed by atoms with Crippen LogP contribution in [-0.2, 0) is 9.53 Å². The zero-order valence-electron chi connectivity index (χ0n) is 20.9. The van der Waals surface area contributed by atoms with Gasteiger partial charge in [-0.15, -0.1) is 0 Å². The van der Waals surface area contributed by atoms with Gasteiger partial charge in [-0.25, -0.2) is 9.97 Å². The van der Waals surface area contributed by atoms with Gasteiger partial charge >= 0.3 is 0 Å². The standard InChI is InChI=1S/C25H33N9O3/c26-20(35)7-3-4-10-27-25-31-22(21-23(32-25)34(16-29-21)18-5-1-2-6-18)30-17-8-9-19(28-15-17)24(36)33-11-13-37-14-12-33/h8-9,15-16,18H,1-7,10-14H2,(H2,26,35)(H2,27,30,31,32). The molecule has 4 N–H and O–H groups in total. The molecule has 12 heteroatoms. The fourth-order valence-electron chi connectivity index (χ4n) is 4.82. The number of nitrogens with two attached hydrogens (primary N) is 1. The lowest BCUT2D eigenvalue weighted by atomic mass is 10.2. The van der Waals surface area contributed by atoms with Gasteiger partial charge < -0.3 is 30.6 Å². The highest BCUT2D eigenvalue weighted by molar-refractivity contribution is 5.93. The number of carbonyl (C=O) groups is 2. The molecule has 12 nitrogen and oxygen atoms in total. The normalized spacial score (nSPS) is 16.3. The SMILES string of the molecule is NC(=O)CCCCNc1nc(Nc2ccc(C(=O)N3CCOCC3)nc2)c2ncn(C3CCCC3)c2n1. The summed E-state index contributed by atoms with van der Waals surface area (Å²) in [4.78, 5) is 44.0. The Morgan fingerprint density at radius 1 is 1.08 bits per heavy atom. The Hall–Kier alpha value is -3.80. The highest BCUT2D eigenvalue weighted by atomic mass is 16.5. The van der Waals surface area contributed by atoms with Crippen molar-refractivity contribution in [2.75, 3.05) is 43.5 Å². The summed E-state index contributed by atoms with van der Waals surface area (Å²) in [5, 5.41) is 6.59. The molecule has 3 aromatic heterocycles. The number of unbranched alkanes of at least 4 members (excludes halogenated alkanes) is 1. The lowest BCUT2D eigenvalue weighted by Crippen LogP contribution is -2.41. The number of rotatable bonds is 10. The second-order valence-electron chi connectivity index (χ2n) is 9.47. The van der Waals surface area contributed by atoms with E-state index in [0.29, 0.717) is 80.4 Å². The summed E-state index contributed by atoms with van der Waals surface area (Å²) in [7, 11) is 0. The first-order chi connectivity index (χ1) is 18.1. The minimum absolute atomic E-state index is 0.0996. The third-order valence-corrected chi connectivity index (χ3v) is 6.82. The molecule has 1 aliphatic heterocycles. The van der Waals surface area contributed by atoms with E-state index in [-0.39, 0.29) is 11.8 Å². The molecule has 1 aliphatic carbocycles. The number of primary amides is 1. The van der Waals surface area contributed by atoms with Crippen molar-refractivity contribution in [2.45, 2.75) is 51.0 Å². The molecule has 2 fully saturated rings. The topological polar surface area (TPSA) is 153 Å². The highest BCUT2D eigenvalue weighted by Crippen LogP contribution is 2.33. The van der Waals surface area contributed by atoms with Crippen molar-refractivity contribution in [3.05, 3.63) is 30.4 Å². The number of hydrogen-bond donors (Lipinski definition) is 3. The van der Waals surface area contributed by atoms with Gasteiger partial charge in [-0.2, -0.15) is 9.97 Å². The van der Waals surface area contributed by atoms with Crippen molar-refractivity contribution in [3.63, 3.8) is 0 Å². The van der Waals surface area contributed by atoms with Crippen LogP contribution in [-0.4, -0.2) is 74.1 Å². The number of anilines is 3. The maximum atomic E-state index is 12.7. The third kappa shape index (κ3) is 5.96.